The minimum absolute atomic E-state index is 0.0678. The zero-order valence-corrected chi connectivity index (χ0v) is 12.8. The van der Waals surface area contributed by atoms with Crippen molar-refractivity contribution < 1.29 is 18.4 Å². The highest BCUT2D eigenvalue weighted by atomic mass is 32.2. The molecule has 0 bridgehead atoms. The first-order valence-corrected chi connectivity index (χ1v) is 9.32. The molecule has 0 aromatic rings. The van der Waals surface area contributed by atoms with Gasteiger partial charge in [-0.15, -0.1) is 0 Å². The van der Waals surface area contributed by atoms with Crippen molar-refractivity contribution in [3.05, 3.63) is 0 Å². The predicted octanol–water partition coefficient (Wildman–Crippen LogP) is -0.0555. The van der Waals surface area contributed by atoms with Gasteiger partial charge in [-0.05, 0) is 37.4 Å². The van der Waals surface area contributed by atoms with E-state index in [4.69, 9.17) is 25.1 Å². The van der Waals surface area contributed by atoms with E-state index in [1.165, 1.54) is 0 Å². The summed E-state index contributed by atoms with van der Waals surface area (Å²) in [6, 6.07) is 0.611. The van der Waals surface area contributed by atoms with E-state index in [2.05, 4.69) is 0 Å². The van der Waals surface area contributed by atoms with Crippen LogP contribution < -0.4 is 11.5 Å². The zero-order chi connectivity index (χ0) is 13.6. The predicted molar refractivity (Wildman–Crippen MR) is 73.2 cm³/mol. The van der Waals surface area contributed by atoms with Gasteiger partial charge < -0.3 is 25.1 Å². The Hall–Kier alpha value is -0.123. The van der Waals surface area contributed by atoms with Crippen molar-refractivity contribution in [1.82, 2.24) is 0 Å². The Bertz CT molecular complexity index is 297. The van der Waals surface area contributed by atoms with Crippen LogP contribution in [0.5, 0.6) is 0 Å². The van der Waals surface area contributed by atoms with Gasteiger partial charge in [-0.1, -0.05) is 0 Å². The minimum atomic E-state index is -2.82. The highest BCUT2D eigenvalue weighted by Gasteiger charge is 2.62. The summed E-state index contributed by atoms with van der Waals surface area (Å²) in [5, 5.41) is -1.14. The van der Waals surface area contributed by atoms with Crippen molar-refractivity contribution in [2.75, 3.05) is 32.5 Å². The van der Waals surface area contributed by atoms with E-state index in [0.29, 0.717) is 19.0 Å². The lowest BCUT2D eigenvalue weighted by atomic mass is 10.2. The number of thioether (sulfide) groups is 1. The van der Waals surface area contributed by atoms with Crippen molar-refractivity contribution in [1.29, 1.82) is 0 Å². The van der Waals surface area contributed by atoms with E-state index in [1.54, 1.807) is 18.9 Å². The molecule has 0 radical (unpaired) electrons. The first kappa shape index (κ1) is 15.9. The second kappa shape index (κ2) is 6.87. The summed E-state index contributed by atoms with van der Waals surface area (Å²) in [6.07, 6.45) is 3.19. The molecule has 1 aliphatic rings. The van der Waals surface area contributed by atoms with Crippen molar-refractivity contribution >= 4 is 26.3 Å². The quantitative estimate of drug-likeness (QED) is 0.501. The van der Waals surface area contributed by atoms with Gasteiger partial charge >= 0.3 is 14.5 Å². The Morgan fingerprint density at radius 3 is 2.89 bits per heavy atom. The van der Waals surface area contributed by atoms with Crippen LogP contribution in [0.2, 0.25) is 6.04 Å². The molecule has 1 fully saturated rings. The fourth-order valence-electron chi connectivity index (χ4n) is 2.12. The summed E-state index contributed by atoms with van der Waals surface area (Å²) < 4.78 is 16.2. The molecular weight excluding hydrogens is 272 g/mol. The summed E-state index contributed by atoms with van der Waals surface area (Å²) in [6.45, 7) is 0.455. The average molecular weight is 294 g/mol. The molecule has 0 amide bonds. The molecule has 1 rings (SSSR count). The monoisotopic (exact) mass is 294 g/mol. The standard InChI is InChI=1S/C10H22N2O4SSi/c1-14-18(7-3-5-11)10(12,4-6-17-2)9(13)15-8-16-18/h3-8,11-12H2,1-2H3. The number of rotatable bonds is 7. The van der Waals surface area contributed by atoms with E-state index >= 15 is 0 Å². The summed E-state index contributed by atoms with van der Waals surface area (Å²) in [5.41, 5.74) is 11.8. The second-order valence-corrected chi connectivity index (χ2v) is 8.84. The number of cyclic esters (lactones) is 1. The third-order valence-electron chi connectivity index (χ3n) is 3.27. The lowest BCUT2D eigenvalue weighted by Crippen LogP contribution is -2.75. The fourth-order valence-corrected chi connectivity index (χ4v) is 6.17. The molecule has 0 aliphatic carbocycles. The topological polar surface area (TPSA) is 96.8 Å². The molecule has 0 spiro atoms. The van der Waals surface area contributed by atoms with Gasteiger partial charge in [0.05, 0.1) is 0 Å². The van der Waals surface area contributed by atoms with Crippen LogP contribution in [-0.2, 0) is 18.4 Å². The molecule has 6 nitrogen and oxygen atoms in total. The van der Waals surface area contributed by atoms with E-state index in [1.807, 2.05) is 6.26 Å². The number of hydrogen-bond acceptors (Lipinski definition) is 7. The van der Waals surface area contributed by atoms with Crippen molar-refractivity contribution in [3.8, 4) is 0 Å². The van der Waals surface area contributed by atoms with Crippen LogP contribution in [0.3, 0.4) is 0 Å². The van der Waals surface area contributed by atoms with Crippen LogP contribution in [0.4, 0.5) is 0 Å². The normalized spacial score (nSPS) is 32.3. The van der Waals surface area contributed by atoms with Crippen molar-refractivity contribution in [3.63, 3.8) is 0 Å². The number of ether oxygens (including phenoxy) is 1. The second-order valence-electron chi connectivity index (χ2n) is 4.26. The Labute approximate surface area is 113 Å². The van der Waals surface area contributed by atoms with Crippen molar-refractivity contribution in [2.45, 2.75) is 24.0 Å². The lowest BCUT2D eigenvalue weighted by Gasteiger charge is -2.45. The average Bonchev–Trinajstić information content (AvgIpc) is 2.38. The summed E-state index contributed by atoms with van der Waals surface area (Å²) in [7, 11) is -1.26. The van der Waals surface area contributed by atoms with Gasteiger partial charge in [0.15, 0.2) is 12.0 Å². The Balaban J connectivity index is 2.96. The molecule has 8 heteroatoms. The van der Waals surface area contributed by atoms with Gasteiger partial charge in [-0.2, -0.15) is 11.8 Å². The number of nitrogens with two attached hydrogens (primary N) is 2. The Morgan fingerprint density at radius 1 is 1.61 bits per heavy atom. The summed E-state index contributed by atoms with van der Waals surface area (Å²) >= 11 is 1.63. The molecule has 0 aromatic heterocycles. The Kier molecular flexibility index (Phi) is 6.08. The SMILES string of the molecule is CO[Si]1(CCCN)OCOC(=O)C1(N)CCSC. The summed E-state index contributed by atoms with van der Waals surface area (Å²) in [5.74, 6) is 0.351. The molecule has 106 valence electrons. The maximum Gasteiger partial charge on any atom is 0.372 e. The van der Waals surface area contributed by atoms with Crippen LogP contribution in [0.25, 0.3) is 0 Å². The van der Waals surface area contributed by atoms with Crippen LogP contribution in [0, 0.1) is 0 Å². The molecule has 2 atom stereocenters. The molecule has 4 N–H and O–H groups in total. The fraction of sp³-hybridized carbons (Fsp3) is 0.900. The van der Waals surface area contributed by atoms with Gasteiger partial charge in [0.1, 0.15) is 0 Å². The van der Waals surface area contributed by atoms with Crippen molar-refractivity contribution in [2.24, 2.45) is 11.5 Å². The molecule has 0 saturated carbocycles. The minimum Gasteiger partial charge on any atom is -0.438 e. The highest BCUT2D eigenvalue weighted by molar-refractivity contribution is 7.98. The first-order chi connectivity index (χ1) is 8.56. The number of hydrogen-bond donors (Lipinski definition) is 2. The summed E-state index contributed by atoms with van der Waals surface area (Å²) in [4.78, 5) is 12.0. The molecule has 1 heterocycles. The molecule has 2 unspecified atom stereocenters. The molecule has 0 aromatic carbocycles. The number of carbonyl (C=O) groups is 1. The van der Waals surface area contributed by atoms with Crippen LogP contribution in [0.15, 0.2) is 0 Å². The van der Waals surface area contributed by atoms with Gasteiger partial charge in [0.2, 0.25) is 0 Å². The highest BCUT2D eigenvalue weighted by Crippen LogP contribution is 2.34. The van der Waals surface area contributed by atoms with E-state index < -0.39 is 19.7 Å². The van der Waals surface area contributed by atoms with Gasteiger partial charge in [0, 0.05) is 7.11 Å². The van der Waals surface area contributed by atoms with Gasteiger partial charge in [-0.3, -0.25) is 4.79 Å². The molecular formula is C10H22N2O4SSi. The maximum absolute atomic E-state index is 12.0. The van der Waals surface area contributed by atoms with E-state index in [-0.39, 0.29) is 6.79 Å². The largest absolute Gasteiger partial charge is 0.438 e. The number of esters is 1. The van der Waals surface area contributed by atoms with Crippen LogP contribution in [-0.4, -0.2) is 52.1 Å². The van der Waals surface area contributed by atoms with Crippen LogP contribution in [0.1, 0.15) is 12.8 Å². The molecule has 1 saturated heterocycles. The zero-order valence-electron chi connectivity index (χ0n) is 10.9. The smallest absolute Gasteiger partial charge is 0.372 e. The number of carbonyl (C=O) groups excluding carboxylic acids is 1. The van der Waals surface area contributed by atoms with E-state index in [9.17, 15) is 4.79 Å². The molecule has 18 heavy (non-hydrogen) atoms. The maximum atomic E-state index is 12.0. The first-order valence-electron chi connectivity index (χ1n) is 5.90. The van der Waals surface area contributed by atoms with Gasteiger partial charge in [-0.25, -0.2) is 0 Å². The van der Waals surface area contributed by atoms with Gasteiger partial charge in [0.25, 0.3) is 0 Å². The van der Waals surface area contributed by atoms with E-state index in [0.717, 1.165) is 12.2 Å². The third kappa shape index (κ3) is 2.89. The third-order valence-corrected chi connectivity index (χ3v) is 7.95. The lowest BCUT2D eigenvalue weighted by molar-refractivity contribution is -0.164. The Morgan fingerprint density at radius 2 is 2.33 bits per heavy atom. The molecule has 1 aliphatic heterocycles. The van der Waals surface area contributed by atoms with Crippen LogP contribution >= 0.6 is 11.8 Å².